The Balaban J connectivity index is 8.48. The van der Waals surface area contributed by atoms with Gasteiger partial charge in [0.15, 0.2) is 0 Å². The first-order valence-electron chi connectivity index (χ1n) is 38.2. The summed E-state index contributed by atoms with van der Waals surface area (Å²) in [5, 5.41) is 0. The van der Waals surface area contributed by atoms with Gasteiger partial charge in [-0.1, -0.05) is 299 Å². The molecule has 476 valence electrons. The summed E-state index contributed by atoms with van der Waals surface area (Å²) >= 11 is 0. The van der Waals surface area contributed by atoms with E-state index in [4.69, 9.17) is 0 Å². The molecule has 0 spiro atoms. The Hall–Kier alpha value is 0. The van der Waals surface area contributed by atoms with Crippen LogP contribution in [0.15, 0.2) is 0 Å². The Morgan fingerprint density at radius 1 is 0.127 bits per heavy atom. The van der Waals surface area contributed by atoms with Crippen molar-refractivity contribution in [1.82, 2.24) is 0 Å². The van der Waals surface area contributed by atoms with Gasteiger partial charge in [-0.3, -0.25) is 0 Å². The van der Waals surface area contributed by atoms with E-state index in [9.17, 15) is 0 Å². The van der Waals surface area contributed by atoms with Crippen molar-refractivity contribution < 1.29 is 0 Å². The fraction of sp³-hybridized carbons (Fsp3) is 1.00. The highest BCUT2D eigenvalue weighted by molar-refractivity contribution is 4.84. The van der Waals surface area contributed by atoms with Gasteiger partial charge in [0.1, 0.15) is 0 Å². The monoisotopic (exact) mass is 1110 g/mol. The highest BCUT2D eigenvalue weighted by Crippen LogP contribution is 2.45. The van der Waals surface area contributed by atoms with Gasteiger partial charge >= 0.3 is 0 Å². The third kappa shape index (κ3) is 35.9. The summed E-state index contributed by atoms with van der Waals surface area (Å²) in [6, 6.07) is 0. The standard InChI is InChI=1S/C79H160/c1-21-41-42-43-71(40-20)55-78(54-70(38-18)39-19)58-73(59-79(60-76(50-66(30-10)31-11)51-67(32-12)33-13)61-77(52-68(34-14)35-15)53-69(36-16)37-17)45-44-72(56-74(46-62(22-2)23-3)47-63(24-4)25-5)57-75(48-64(26-6)27-7)49-65(28-8)29-9/h62-79H,21-61H2,1-20H3. The maximum Gasteiger partial charge on any atom is -0.0406 e. The Labute approximate surface area is 505 Å². The van der Waals surface area contributed by atoms with Crippen LogP contribution in [-0.4, -0.2) is 0 Å². The number of rotatable bonds is 58. The predicted octanol–water partition coefficient (Wildman–Crippen LogP) is 28.5. The maximum absolute atomic E-state index is 2.57. The van der Waals surface area contributed by atoms with Crippen molar-refractivity contribution in [3.63, 3.8) is 0 Å². The van der Waals surface area contributed by atoms with E-state index in [0.717, 1.165) is 107 Å². The summed E-state index contributed by atoms with van der Waals surface area (Å²) < 4.78 is 0. The molecule has 0 aliphatic rings. The summed E-state index contributed by atoms with van der Waals surface area (Å²) in [4.78, 5) is 0. The second-order valence-corrected chi connectivity index (χ2v) is 29.2. The summed E-state index contributed by atoms with van der Waals surface area (Å²) in [6.45, 7) is 50.5. The van der Waals surface area contributed by atoms with E-state index in [1.54, 1.807) is 6.42 Å². The molecule has 0 aliphatic carbocycles. The maximum atomic E-state index is 2.57. The van der Waals surface area contributed by atoms with E-state index >= 15 is 0 Å². The van der Waals surface area contributed by atoms with Crippen LogP contribution in [0.2, 0.25) is 0 Å². The van der Waals surface area contributed by atoms with Gasteiger partial charge in [-0.2, -0.15) is 0 Å². The third-order valence-electron chi connectivity index (χ3n) is 23.8. The highest BCUT2D eigenvalue weighted by atomic mass is 14.4. The van der Waals surface area contributed by atoms with Crippen LogP contribution in [-0.2, 0) is 0 Å². The molecule has 0 aliphatic heterocycles. The van der Waals surface area contributed by atoms with E-state index in [1.165, 1.54) is 257 Å². The van der Waals surface area contributed by atoms with Gasteiger partial charge in [-0.25, -0.2) is 0 Å². The minimum absolute atomic E-state index is 0.872. The molecule has 0 saturated carbocycles. The van der Waals surface area contributed by atoms with E-state index in [-0.39, 0.29) is 0 Å². The molecule has 3 unspecified atom stereocenters. The molecule has 0 aromatic carbocycles. The van der Waals surface area contributed by atoms with Crippen LogP contribution >= 0.6 is 0 Å². The lowest BCUT2D eigenvalue weighted by Gasteiger charge is -2.37. The largest absolute Gasteiger partial charge is 0.0654 e. The van der Waals surface area contributed by atoms with Gasteiger partial charge in [-0.15, -0.1) is 0 Å². The average Bonchev–Trinajstić information content (AvgIpc) is 3.47. The summed E-state index contributed by atoms with van der Waals surface area (Å²) in [5.74, 6) is 16.1. The summed E-state index contributed by atoms with van der Waals surface area (Å²) in [7, 11) is 0. The van der Waals surface area contributed by atoms with Gasteiger partial charge in [0, 0.05) is 0 Å². The van der Waals surface area contributed by atoms with Crippen molar-refractivity contribution >= 4 is 0 Å². The second kappa shape index (κ2) is 51.2. The van der Waals surface area contributed by atoms with Crippen molar-refractivity contribution in [2.45, 2.75) is 402 Å². The molecule has 0 saturated heterocycles. The first-order valence-corrected chi connectivity index (χ1v) is 38.2. The normalized spacial score (nSPS) is 14.2. The molecule has 0 aromatic rings. The van der Waals surface area contributed by atoms with Gasteiger partial charge in [-0.05, 0) is 209 Å². The van der Waals surface area contributed by atoms with Crippen molar-refractivity contribution in [3.8, 4) is 0 Å². The van der Waals surface area contributed by atoms with Gasteiger partial charge in [0.05, 0.1) is 0 Å². The topological polar surface area (TPSA) is 0 Å². The van der Waals surface area contributed by atoms with Gasteiger partial charge in [0.2, 0.25) is 0 Å². The minimum atomic E-state index is 0.872. The Morgan fingerprint density at radius 3 is 0.418 bits per heavy atom. The molecule has 0 rings (SSSR count). The van der Waals surface area contributed by atoms with Crippen LogP contribution in [0.25, 0.3) is 0 Å². The molecule has 0 nitrogen and oxygen atoms in total. The lowest BCUT2D eigenvalue weighted by Crippen LogP contribution is -2.25. The quantitative estimate of drug-likeness (QED) is 0.0533. The van der Waals surface area contributed by atoms with Crippen LogP contribution in [0.5, 0.6) is 0 Å². The summed E-state index contributed by atoms with van der Waals surface area (Å²) in [5.41, 5.74) is 0. The fourth-order valence-electron chi connectivity index (χ4n) is 17.2. The van der Waals surface area contributed by atoms with Crippen molar-refractivity contribution in [2.24, 2.45) is 107 Å². The zero-order valence-electron chi connectivity index (χ0n) is 59.4. The summed E-state index contributed by atoms with van der Waals surface area (Å²) in [6.07, 6.45) is 59.0. The van der Waals surface area contributed by atoms with E-state index in [1.807, 2.05) is 0 Å². The van der Waals surface area contributed by atoms with Gasteiger partial charge < -0.3 is 0 Å². The Bertz CT molecular complexity index is 1090. The molecule has 0 radical (unpaired) electrons. The zero-order chi connectivity index (χ0) is 59.4. The molecule has 0 fully saturated rings. The van der Waals surface area contributed by atoms with Crippen LogP contribution in [0.3, 0.4) is 0 Å². The van der Waals surface area contributed by atoms with Crippen LogP contribution in [0.1, 0.15) is 402 Å². The van der Waals surface area contributed by atoms with Crippen LogP contribution in [0, 0.1) is 107 Å². The SMILES string of the molecule is CCCCCC(CC)CC(CC(CC)CC)CC(CCC(CC(CC(CC)CC)CC(CC)CC)CC(CC(CC)CC)CC(CC)CC)CC(CC(CC(CC)CC)CC(CC)CC)CC(CC(CC)CC)CC(CC)CC. The number of hydrogen-bond donors (Lipinski definition) is 0. The zero-order valence-corrected chi connectivity index (χ0v) is 59.4. The minimum Gasteiger partial charge on any atom is -0.0654 e. The Kier molecular flexibility index (Phi) is 51.2. The molecule has 0 aromatic heterocycles. The van der Waals surface area contributed by atoms with E-state index in [2.05, 4.69) is 138 Å². The van der Waals surface area contributed by atoms with Crippen molar-refractivity contribution in [2.75, 3.05) is 0 Å². The molecule has 0 bridgehead atoms. The first-order chi connectivity index (χ1) is 38.2. The van der Waals surface area contributed by atoms with Gasteiger partial charge in [0.25, 0.3) is 0 Å². The van der Waals surface area contributed by atoms with Crippen molar-refractivity contribution in [3.05, 3.63) is 0 Å². The lowest BCUT2D eigenvalue weighted by atomic mass is 9.69. The molecule has 0 heterocycles. The molecule has 0 amide bonds. The Morgan fingerprint density at radius 2 is 0.266 bits per heavy atom. The predicted molar refractivity (Wildman–Crippen MR) is 366 cm³/mol. The fourth-order valence-corrected chi connectivity index (χ4v) is 17.2. The number of hydrogen-bond acceptors (Lipinski definition) is 0. The molecule has 3 atom stereocenters. The van der Waals surface area contributed by atoms with E-state index < -0.39 is 0 Å². The molecular formula is C79H160. The third-order valence-corrected chi connectivity index (χ3v) is 23.8. The lowest BCUT2D eigenvalue weighted by molar-refractivity contribution is 0.146. The van der Waals surface area contributed by atoms with Crippen LogP contribution < -0.4 is 0 Å². The molecule has 0 heteroatoms. The number of unbranched alkanes of at least 4 members (excludes halogenated alkanes) is 2. The van der Waals surface area contributed by atoms with Crippen LogP contribution in [0.4, 0.5) is 0 Å². The van der Waals surface area contributed by atoms with E-state index in [0.29, 0.717) is 0 Å². The molecule has 0 N–H and O–H groups in total. The molecular weight excluding hydrogens is 949 g/mol. The smallest absolute Gasteiger partial charge is 0.0406 e. The van der Waals surface area contributed by atoms with Crippen molar-refractivity contribution in [1.29, 1.82) is 0 Å². The molecule has 79 heavy (non-hydrogen) atoms. The first kappa shape index (κ1) is 79.0. The highest BCUT2D eigenvalue weighted by Gasteiger charge is 2.33. The second-order valence-electron chi connectivity index (χ2n) is 29.2. The average molecular weight is 1110 g/mol.